The zero-order valence-electron chi connectivity index (χ0n) is 9.45. The SMILES string of the molecule is CC(O)Cc1cc(C(F)F)cc2c1OCCO2. The molecule has 17 heavy (non-hydrogen) atoms. The topological polar surface area (TPSA) is 38.7 Å². The van der Waals surface area contributed by atoms with Crippen LogP contribution in [-0.2, 0) is 6.42 Å². The summed E-state index contributed by atoms with van der Waals surface area (Å²) < 4.78 is 36.1. The molecule has 0 radical (unpaired) electrons. The summed E-state index contributed by atoms with van der Waals surface area (Å²) in [7, 11) is 0. The van der Waals surface area contributed by atoms with Gasteiger partial charge in [0.25, 0.3) is 6.43 Å². The molecule has 94 valence electrons. The van der Waals surface area contributed by atoms with Gasteiger partial charge in [-0.05, 0) is 19.1 Å². The molecule has 1 aromatic carbocycles. The monoisotopic (exact) mass is 244 g/mol. The third-order valence-electron chi connectivity index (χ3n) is 2.51. The quantitative estimate of drug-likeness (QED) is 0.886. The predicted octanol–water partition coefficient (Wildman–Crippen LogP) is 2.32. The number of halogens is 2. The highest BCUT2D eigenvalue weighted by Gasteiger charge is 2.21. The van der Waals surface area contributed by atoms with Crippen LogP contribution < -0.4 is 9.47 Å². The molecular weight excluding hydrogens is 230 g/mol. The number of ether oxygens (including phenoxy) is 2. The molecule has 1 heterocycles. The Morgan fingerprint density at radius 3 is 2.65 bits per heavy atom. The van der Waals surface area contributed by atoms with Gasteiger partial charge in [0.2, 0.25) is 0 Å². The molecular formula is C12H14F2O3. The lowest BCUT2D eigenvalue weighted by atomic mass is 10.0. The van der Waals surface area contributed by atoms with Gasteiger partial charge in [0, 0.05) is 17.5 Å². The molecule has 1 atom stereocenters. The van der Waals surface area contributed by atoms with Crippen LogP contribution in [0.4, 0.5) is 8.78 Å². The smallest absolute Gasteiger partial charge is 0.263 e. The van der Waals surface area contributed by atoms with E-state index in [1.165, 1.54) is 12.1 Å². The number of rotatable bonds is 3. The molecule has 1 aliphatic heterocycles. The second-order valence-corrected chi connectivity index (χ2v) is 4.06. The van der Waals surface area contributed by atoms with Crippen LogP contribution in [0.1, 0.15) is 24.5 Å². The minimum Gasteiger partial charge on any atom is -0.486 e. The number of hydrogen-bond donors (Lipinski definition) is 1. The first-order chi connectivity index (χ1) is 8.08. The van der Waals surface area contributed by atoms with Crippen molar-refractivity contribution in [3.63, 3.8) is 0 Å². The van der Waals surface area contributed by atoms with E-state index in [9.17, 15) is 13.9 Å². The third-order valence-corrected chi connectivity index (χ3v) is 2.51. The summed E-state index contributed by atoms with van der Waals surface area (Å²) in [5, 5.41) is 9.35. The van der Waals surface area contributed by atoms with Crippen LogP contribution in [0.2, 0.25) is 0 Å². The third kappa shape index (κ3) is 2.66. The Morgan fingerprint density at radius 1 is 1.29 bits per heavy atom. The zero-order valence-corrected chi connectivity index (χ0v) is 9.45. The van der Waals surface area contributed by atoms with Crippen molar-refractivity contribution in [1.82, 2.24) is 0 Å². The Kier molecular flexibility index (Phi) is 3.47. The van der Waals surface area contributed by atoms with E-state index in [0.29, 0.717) is 30.3 Å². The van der Waals surface area contributed by atoms with E-state index in [2.05, 4.69) is 0 Å². The second-order valence-electron chi connectivity index (χ2n) is 4.06. The van der Waals surface area contributed by atoms with Gasteiger partial charge in [-0.15, -0.1) is 0 Å². The van der Waals surface area contributed by atoms with E-state index in [-0.39, 0.29) is 12.0 Å². The van der Waals surface area contributed by atoms with Crippen LogP contribution >= 0.6 is 0 Å². The first-order valence-electron chi connectivity index (χ1n) is 5.46. The van der Waals surface area contributed by atoms with E-state index in [1.807, 2.05) is 0 Å². The number of benzene rings is 1. The lowest BCUT2D eigenvalue weighted by Crippen LogP contribution is -2.18. The fraction of sp³-hybridized carbons (Fsp3) is 0.500. The average molecular weight is 244 g/mol. The largest absolute Gasteiger partial charge is 0.486 e. The van der Waals surface area contributed by atoms with Crippen LogP contribution in [0.5, 0.6) is 11.5 Å². The van der Waals surface area contributed by atoms with Crippen molar-refractivity contribution in [2.45, 2.75) is 25.9 Å². The molecule has 1 aromatic rings. The Bertz CT molecular complexity index is 405. The van der Waals surface area contributed by atoms with Crippen LogP contribution in [0.3, 0.4) is 0 Å². The molecule has 0 amide bonds. The van der Waals surface area contributed by atoms with E-state index >= 15 is 0 Å². The molecule has 1 N–H and O–H groups in total. The van der Waals surface area contributed by atoms with Crippen molar-refractivity contribution >= 4 is 0 Å². The molecule has 5 heteroatoms. The number of aliphatic hydroxyl groups is 1. The highest BCUT2D eigenvalue weighted by Crippen LogP contribution is 2.38. The highest BCUT2D eigenvalue weighted by atomic mass is 19.3. The van der Waals surface area contributed by atoms with E-state index in [1.54, 1.807) is 6.92 Å². The van der Waals surface area contributed by atoms with Crippen LogP contribution in [0.25, 0.3) is 0 Å². The van der Waals surface area contributed by atoms with Crippen molar-refractivity contribution in [3.05, 3.63) is 23.3 Å². The number of fused-ring (bicyclic) bond motifs is 1. The van der Waals surface area contributed by atoms with Gasteiger partial charge in [-0.2, -0.15) is 0 Å². The Morgan fingerprint density at radius 2 is 2.00 bits per heavy atom. The van der Waals surface area contributed by atoms with Gasteiger partial charge in [0.1, 0.15) is 13.2 Å². The molecule has 1 unspecified atom stereocenters. The minimum atomic E-state index is -2.56. The Hall–Kier alpha value is -1.36. The van der Waals surface area contributed by atoms with Gasteiger partial charge in [0.15, 0.2) is 11.5 Å². The van der Waals surface area contributed by atoms with E-state index in [0.717, 1.165) is 0 Å². The standard InChI is InChI=1S/C12H14F2O3/c1-7(15)4-8-5-9(12(13)14)6-10-11(8)17-3-2-16-10/h5-7,12,15H,2-4H2,1H3. The summed E-state index contributed by atoms with van der Waals surface area (Å²) in [4.78, 5) is 0. The number of aliphatic hydroxyl groups excluding tert-OH is 1. The Labute approximate surface area is 98.0 Å². The minimum absolute atomic E-state index is 0.107. The Balaban J connectivity index is 2.42. The van der Waals surface area contributed by atoms with Gasteiger partial charge in [0.05, 0.1) is 6.10 Å². The van der Waals surface area contributed by atoms with E-state index < -0.39 is 12.5 Å². The number of hydrogen-bond acceptors (Lipinski definition) is 3. The van der Waals surface area contributed by atoms with Crippen LogP contribution in [-0.4, -0.2) is 24.4 Å². The van der Waals surface area contributed by atoms with Gasteiger partial charge < -0.3 is 14.6 Å². The van der Waals surface area contributed by atoms with Crippen molar-refractivity contribution in [1.29, 1.82) is 0 Å². The molecule has 0 saturated heterocycles. The predicted molar refractivity (Wildman–Crippen MR) is 57.8 cm³/mol. The molecule has 0 saturated carbocycles. The molecule has 3 nitrogen and oxygen atoms in total. The average Bonchev–Trinajstić information content (AvgIpc) is 2.28. The summed E-state index contributed by atoms with van der Waals surface area (Å²) in [6.45, 7) is 2.35. The highest BCUT2D eigenvalue weighted by molar-refractivity contribution is 5.50. The molecule has 0 spiro atoms. The van der Waals surface area contributed by atoms with Crippen molar-refractivity contribution in [3.8, 4) is 11.5 Å². The maximum absolute atomic E-state index is 12.7. The molecule has 0 aromatic heterocycles. The summed E-state index contributed by atoms with van der Waals surface area (Å²) in [6, 6.07) is 2.66. The first-order valence-corrected chi connectivity index (χ1v) is 5.46. The summed E-state index contributed by atoms with van der Waals surface area (Å²) in [5.41, 5.74) is 0.456. The lowest BCUT2D eigenvalue weighted by molar-refractivity contribution is 0.144. The second kappa shape index (κ2) is 4.87. The molecule has 2 rings (SSSR count). The van der Waals surface area contributed by atoms with Crippen molar-refractivity contribution < 1.29 is 23.4 Å². The maximum atomic E-state index is 12.7. The summed E-state index contributed by atoms with van der Waals surface area (Å²) in [6.07, 6.45) is -2.90. The van der Waals surface area contributed by atoms with E-state index in [4.69, 9.17) is 9.47 Å². The van der Waals surface area contributed by atoms with Crippen molar-refractivity contribution in [2.75, 3.05) is 13.2 Å². The molecule has 0 bridgehead atoms. The summed E-state index contributed by atoms with van der Waals surface area (Å²) >= 11 is 0. The van der Waals surface area contributed by atoms with Crippen LogP contribution in [0, 0.1) is 0 Å². The van der Waals surface area contributed by atoms with Crippen molar-refractivity contribution in [2.24, 2.45) is 0 Å². The normalized spacial score (nSPS) is 16.1. The molecule has 1 aliphatic rings. The van der Waals surface area contributed by atoms with Gasteiger partial charge in [-0.25, -0.2) is 8.78 Å². The summed E-state index contributed by atoms with van der Waals surface area (Å²) in [5.74, 6) is 0.811. The molecule has 0 aliphatic carbocycles. The molecule has 0 fully saturated rings. The van der Waals surface area contributed by atoms with Gasteiger partial charge >= 0.3 is 0 Å². The maximum Gasteiger partial charge on any atom is 0.263 e. The number of alkyl halides is 2. The fourth-order valence-corrected chi connectivity index (χ4v) is 1.85. The van der Waals surface area contributed by atoms with Gasteiger partial charge in [-0.3, -0.25) is 0 Å². The fourth-order valence-electron chi connectivity index (χ4n) is 1.85. The first kappa shape index (κ1) is 12.1. The van der Waals surface area contributed by atoms with Crippen LogP contribution in [0.15, 0.2) is 12.1 Å². The lowest BCUT2D eigenvalue weighted by Gasteiger charge is -2.22. The zero-order chi connectivity index (χ0) is 12.4. The van der Waals surface area contributed by atoms with Gasteiger partial charge in [-0.1, -0.05) is 0 Å².